The van der Waals surface area contributed by atoms with Crippen LogP contribution in [0.15, 0.2) is 16.9 Å². The Balaban J connectivity index is 2.49. The van der Waals surface area contributed by atoms with Crippen molar-refractivity contribution >= 4 is 0 Å². The van der Waals surface area contributed by atoms with E-state index >= 15 is 0 Å². The van der Waals surface area contributed by atoms with E-state index in [4.69, 9.17) is 0 Å². The molecule has 2 aliphatic rings. The van der Waals surface area contributed by atoms with Gasteiger partial charge >= 0.3 is 0 Å². The van der Waals surface area contributed by atoms with Crippen LogP contribution in [0, 0.1) is 0 Å². The van der Waals surface area contributed by atoms with E-state index in [2.05, 4.69) is 47.3 Å². The quantitative estimate of drug-likeness (QED) is 0.661. The molecule has 0 unspecified atom stereocenters. The third-order valence-electron chi connectivity index (χ3n) is 5.22. The van der Waals surface area contributed by atoms with E-state index in [1.807, 2.05) is 13.8 Å². The van der Waals surface area contributed by atoms with Crippen molar-refractivity contribution in [3.05, 3.63) is 16.9 Å². The van der Waals surface area contributed by atoms with Crippen molar-refractivity contribution in [1.29, 1.82) is 0 Å². The van der Waals surface area contributed by atoms with Crippen molar-refractivity contribution in [2.75, 3.05) is 0 Å². The summed E-state index contributed by atoms with van der Waals surface area (Å²) in [6.07, 6.45) is 2.39. The predicted octanol–water partition coefficient (Wildman–Crippen LogP) is 4.13. The van der Waals surface area contributed by atoms with E-state index in [0.717, 1.165) is 24.8 Å². The van der Waals surface area contributed by atoms with E-state index in [1.54, 1.807) is 0 Å². The Morgan fingerprint density at radius 3 is 1.50 bits per heavy atom. The highest BCUT2D eigenvalue weighted by atomic mass is 16.5. The van der Waals surface area contributed by atoms with Crippen LogP contribution in [0.5, 0.6) is 0 Å². The van der Waals surface area contributed by atoms with E-state index < -0.39 is 5.54 Å². The fourth-order valence-electron chi connectivity index (χ4n) is 4.18. The van der Waals surface area contributed by atoms with Crippen LogP contribution in [0.25, 0.3) is 0 Å². The van der Waals surface area contributed by atoms with Gasteiger partial charge in [-0.25, -0.2) is 0 Å². The average Bonchev–Trinajstić information content (AvgIpc) is 2.46. The highest BCUT2D eigenvalue weighted by Crippen LogP contribution is 2.44. The molecule has 0 spiro atoms. The summed E-state index contributed by atoms with van der Waals surface area (Å²) in [5.74, 6) is 0. The summed E-state index contributed by atoms with van der Waals surface area (Å²) in [4.78, 5) is 0. The van der Waals surface area contributed by atoms with Crippen LogP contribution in [-0.4, -0.2) is 42.7 Å². The minimum Gasteiger partial charge on any atom is -0.313 e. The topological polar surface area (TPSA) is 46.9 Å². The van der Waals surface area contributed by atoms with Gasteiger partial charge < -0.3 is 10.4 Å². The fourth-order valence-corrected chi connectivity index (χ4v) is 4.18. The van der Waals surface area contributed by atoms with Gasteiger partial charge in [-0.05, 0) is 85.8 Å². The summed E-state index contributed by atoms with van der Waals surface area (Å²) in [7, 11) is 0. The lowest BCUT2D eigenvalue weighted by Crippen LogP contribution is -2.57. The second-order valence-electron chi connectivity index (χ2n) is 9.36. The molecule has 2 N–H and O–H groups in total. The van der Waals surface area contributed by atoms with Crippen LogP contribution in [0.1, 0.15) is 74.7 Å². The number of hydrogen-bond acceptors (Lipinski definition) is 4. The number of rotatable bonds is 0. The number of nitrogens with zero attached hydrogens (tertiary/aromatic N) is 2. The molecule has 2 heterocycles. The molecule has 0 aromatic rings. The second-order valence-corrected chi connectivity index (χ2v) is 9.36. The molecule has 22 heavy (non-hydrogen) atoms. The van der Waals surface area contributed by atoms with Crippen LogP contribution in [0.3, 0.4) is 0 Å². The van der Waals surface area contributed by atoms with Crippen molar-refractivity contribution in [3.8, 4) is 0 Å². The molecule has 2 aliphatic heterocycles. The minimum absolute atomic E-state index is 0.269. The molecule has 2 saturated heterocycles. The molecular weight excluding hydrogens is 276 g/mol. The molecule has 0 aromatic carbocycles. The molecule has 2 rings (SSSR count). The van der Waals surface area contributed by atoms with Crippen LogP contribution >= 0.6 is 0 Å². The van der Waals surface area contributed by atoms with E-state index in [1.165, 1.54) is 15.7 Å². The van der Waals surface area contributed by atoms with Crippen LogP contribution in [0.2, 0.25) is 0 Å². The van der Waals surface area contributed by atoms with Gasteiger partial charge in [0.2, 0.25) is 0 Å². The smallest absolute Gasteiger partial charge is 0.0693 e. The molecule has 4 heteroatoms. The first-order chi connectivity index (χ1) is 9.70. The SMILES string of the molecule is CC1(C)CC(=C=C2CC(C)(C)N(O)C2(C)C)CC(C)(C)N1O. The summed E-state index contributed by atoms with van der Waals surface area (Å²) in [6.45, 7) is 16.4. The molecule has 0 aliphatic carbocycles. The van der Waals surface area contributed by atoms with Gasteiger partial charge in [-0.2, -0.15) is 10.1 Å². The highest BCUT2D eigenvalue weighted by Gasteiger charge is 2.48. The summed E-state index contributed by atoms with van der Waals surface area (Å²) in [5, 5.41) is 23.8. The van der Waals surface area contributed by atoms with Crippen LogP contribution < -0.4 is 0 Å². The van der Waals surface area contributed by atoms with Crippen molar-refractivity contribution in [1.82, 2.24) is 10.1 Å². The second kappa shape index (κ2) is 4.93. The van der Waals surface area contributed by atoms with Crippen molar-refractivity contribution in [2.24, 2.45) is 0 Å². The molecule has 0 bridgehead atoms. The van der Waals surface area contributed by atoms with E-state index in [0.29, 0.717) is 0 Å². The molecular formula is C18H32N2O2. The third-order valence-corrected chi connectivity index (χ3v) is 5.22. The maximum atomic E-state index is 10.4. The first kappa shape index (κ1) is 17.7. The highest BCUT2D eigenvalue weighted by molar-refractivity contribution is 5.29. The number of hydroxylamine groups is 4. The van der Waals surface area contributed by atoms with Gasteiger partial charge in [-0.3, -0.25) is 0 Å². The lowest BCUT2D eigenvalue weighted by atomic mass is 9.78. The van der Waals surface area contributed by atoms with Gasteiger partial charge in [0.1, 0.15) is 0 Å². The zero-order valence-electron chi connectivity index (χ0n) is 15.4. The summed E-state index contributed by atoms with van der Waals surface area (Å²) < 4.78 is 0. The standard InChI is InChI=1S/C18H32N2O2/c1-15(2)10-13(11-16(3,4)19(15)21)9-14-12-17(5,6)20(22)18(14,7)8/h21-22H,10-12H2,1-8H3. The maximum absolute atomic E-state index is 10.4. The zero-order valence-corrected chi connectivity index (χ0v) is 15.4. The zero-order chi connectivity index (χ0) is 17.1. The van der Waals surface area contributed by atoms with Gasteiger partial charge in [-0.1, -0.05) is 0 Å². The predicted molar refractivity (Wildman–Crippen MR) is 88.0 cm³/mol. The molecule has 126 valence electrons. The Labute approximate surface area is 135 Å². The molecule has 0 amide bonds. The average molecular weight is 308 g/mol. The van der Waals surface area contributed by atoms with Gasteiger partial charge in [0.05, 0.1) is 5.54 Å². The molecule has 4 nitrogen and oxygen atoms in total. The van der Waals surface area contributed by atoms with Gasteiger partial charge in [0.15, 0.2) is 0 Å². The van der Waals surface area contributed by atoms with Crippen molar-refractivity contribution in [3.63, 3.8) is 0 Å². The van der Waals surface area contributed by atoms with Crippen molar-refractivity contribution in [2.45, 2.75) is 96.8 Å². The first-order valence-electron chi connectivity index (χ1n) is 8.17. The Morgan fingerprint density at radius 1 is 0.727 bits per heavy atom. The molecule has 2 fully saturated rings. The summed E-state index contributed by atoms with van der Waals surface area (Å²) >= 11 is 0. The van der Waals surface area contributed by atoms with Gasteiger partial charge in [-0.15, -0.1) is 5.73 Å². The van der Waals surface area contributed by atoms with Crippen LogP contribution in [0.4, 0.5) is 0 Å². The Bertz CT molecular complexity index is 517. The summed E-state index contributed by atoms with van der Waals surface area (Å²) in [6, 6.07) is 0. The first-order valence-corrected chi connectivity index (χ1v) is 8.17. The largest absolute Gasteiger partial charge is 0.313 e. The minimum atomic E-state index is -0.402. The number of hydrogen-bond donors (Lipinski definition) is 2. The fraction of sp³-hybridized carbons (Fsp3) is 0.833. The maximum Gasteiger partial charge on any atom is 0.0693 e. The molecule has 0 saturated carbocycles. The lowest BCUT2D eigenvalue weighted by molar-refractivity contribution is -0.232. The molecule has 0 atom stereocenters. The third kappa shape index (κ3) is 2.79. The molecule has 0 aromatic heterocycles. The van der Waals surface area contributed by atoms with Gasteiger partial charge in [0, 0.05) is 16.6 Å². The van der Waals surface area contributed by atoms with Crippen molar-refractivity contribution < 1.29 is 10.4 Å². The Morgan fingerprint density at radius 2 is 1.14 bits per heavy atom. The molecule has 0 radical (unpaired) electrons. The summed E-state index contributed by atoms with van der Waals surface area (Å²) in [5.41, 5.74) is 4.72. The van der Waals surface area contributed by atoms with Crippen LogP contribution in [-0.2, 0) is 0 Å². The Hall–Kier alpha value is -0.640. The van der Waals surface area contributed by atoms with Gasteiger partial charge in [0.25, 0.3) is 0 Å². The van der Waals surface area contributed by atoms with E-state index in [9.17, 15) is 10.4 Å². The number of piperidine rings is 1. The Kier molecular flexibility index (Phi) is 3.97. The van der Waals surface area contributed by atoms with E-state index in [-0.39, 0.29) is 16.6 Å². The normalized spacial score (nSPS) is 30.5. The monoisotopic (exact) mass is 308 g/mol. The lowest BCUT2D eigenvalue weighted by Gasteiger charge is -2.49.